The minimum Gasteiger partial charge on any atom is -0.271 e. The van der Waals surface area contributed by atoms with Gasteiger partial charge in [0.1, 0.15) is 0 Å². The first-order valence-corrected chi connectivity index (χ1v) is 6.99. The number of hydrazine groups is 1. The van der Waals surface area contributed by atoms with Gasteiger partial charge < -0.3 is 0 Å². The smallest absolute Gasteiger partial charge is 0.271 e. The van der Waals surface area contributed by atoms with Crippen LogP contribution >= 0.6 is 0 Å². The highest BCUT2D eigenvalue weighted by Crippen LogP contribution is 2.29. The number of nitrogens with two attached hydrogens (primary N) is 1. The average Bonchev–Trinajstić information content (AvgIpc) is 2.37. The summed E-state index contributed by atoms with van der Waals surface area (Å²) < 4.78 is 37.4. The fourth-order valence-corrected chi connectivity index (χ4v) is 2.42. The maximum atomic E-state index is 12.5. The molecule has 0 aromatic heterocycles. The van der Waals surface area contributed by atoms with Crippen molar-refractivity contribution in [2.24, 2.45) is 11.8 Å². The number of hydrogen-bond donors (Lipinski definition) is 2. The lowest BCUT2D eigenvalue weighted by Gasteiger charge is -2.20. The summed E-state index contributed by atoms with van der Waals surface area (Å²) in [6, 6.07) is 5.39. The van der Waals surface area contributed by atoms with E-state index in [-0.39, 0.29) is 6.04 Å². The Kier molecular flexibility index (Phi) is 6.49. The van der Waals surface area contributed by atoms with Gasteiger partial charge in [0.2, 0.25) is 0 Å². The van der Waals surface area contributed by atoms with Gasteiger partial charge in [0, 0.05) is 6.04 Å². The molecule has 0 aliphatic heterocycles. The van der Waals surface area contributed by atoms with E-state index in [0.717, 1.165) is 37.0 Å². The van der Waals surface area contributed by atoms with Crippen LogP contribution in [0.1, 0.15) is 44.2 Å². The van der Waals surface area contributed by atoms with E-state index in [2.05, 4.69) is 19.3 Å². The van der Waals surface area contributed by atoms with E-state index < -0.39 is 11.7 Å². The maximum absolute atomic E-state index is 12.5. The molecular formula is C15H23F3N2. The molecular weight excluding hydrogens is 265 g/mol. The SMILES string of the molecule is CCCC(C)CC(Cc1ccc(C(F)(F)F)cc1)NN. The van der Waals surface area contributed by atoms with Crippen molar-refractivity contribution in [1.82, 2.24) is 5.43 Å². The Hall–Kier alpha value is -1.07. The highest BCUT2D eigenvalue weighted by atomic mass is 19.4. The van der Waals surface area contributed by atoms with Crippen molar-refractivity contribution < 1.29 is 13.2 Å². The van der Waals surface area contributed by atoms with Crippen molar-refractivity contribution in [1.29, 1.82) is 0 Å². The van der Waals surface area contributed by atoms with Crippen LogP contribution in [0.15, 0.2) is 24.3 Å². The highest BCUT2D eigenvalue weighted by Gasteiger charge is 2.30. The normalized spacial score (nSPS) is 15.1. The molecule has 0 spiro atoms. The first-order chi connectivity index (χ1) is 9.36. The quantitative estimate of drug-likeness (QED) is 0.590. The molecule has 0 amide bonds. The van der Waals surface area contributed by atoms with E-state index >= 15 is 0 Å². The third-order valence-electron chi connectivity index (χ3n) is 3.47. The van der Waals surface area contributed by atoms with Gasteiger partial charge in [-0.05, 0) is 36.5 Å². The van der Waals surface area contributed by atoms with Crippen LogP contribution in [0.25, 0.3) is 0 Å². The molecule has 1 rings (SSSR count). The predicted octanol–water partition coefficient (Wildman–Crippen LogP) is 3.91. The summed E-state index contributed by atoms with van der Waals surface area (Å²) in [5.41, 5.74) is 3.01. The summed E-state index contributed by atoms with van der Waals surface area (Å²) in [7, 11) is 0. The molecule has 2 atom stereocenters. The molecule has 114 valence electrons. The van der Waals surface area contributed by atoms with Crippen LogP contribution < -0.4 is 11.3 Å². The molecule has 1 aromatic rings. The first kappa shape index (κ1) is 17.0. The van der Waals surface area contributed by atoms with Gasteiger partial charge in [0.15, 0.2) is 0 Å². The zero-order chi connectivity index (χ0) is 15.2. The summed E-state index contributed by atoms with van der Waals surface area (Å²) in [6.07, 6.45) is -0.461. The first-order valence-electron chi connectivity index (χ1n) is 6.99. The molecule has 0 fully saturated rings. The standard InChI is InChI=1S/C15H23F3N2/c1-3-4-11(2)9-14(20-19)10-12-5-7-13(8-6-12)15(16,17)18/h5-8,11,14,20H,3-4,9-10,19H2,1-2H3. The number of halogens is 3. The number of rotatable bonds is 7. The molecule has 0 radical (unpaired) electrons. The maximum Gasteiger partial charge on any atom is 0.416 e. The number of nitrogens with one attached hydrogen (secondary N) is 1. The minimum atomic E-state index is -4.28. The van der Waals surface area contributed by atoms with Crippen molar-refractivity contribution in [2.75, 3.05) is 0 Å². The van der Waals surface area contributed by atoms with Crippen molar-refractivity contribution in [3.63, 3.8) is 0 Å². The van der Waals surface area contributed by atoms with Crippen LogP contribution in [0.3, 0.4) is 0 Å². The Labute approximate surface area is 118 Å². The van der Waals surface area contributed by atoms with Gasteiger partial charge in [-0.3, -0.25) is 11.3 Å². The highest BCUT2D eigenvalue weighted by molar-refractivity contribution is 5.25. The van der Waals surface area contributed by atoms with Gasteiger partial charge in [0.25, 0.3) is 0 Å². The largest absolute Gasteiger partial charge is 0.416 e. The number of alkyl halides is 3. The molecule has 0 aliphatic rings. The van der Waals surface area contributed by atoms with Gasteiger partial charge in [-0.15, -0.1) is 0 Å². The fourth-order valence-electron chi connectivity index (χ4n) is 2.42. The molecule has 0 aliphatic carbocycles. The van der Waals surface area contributed by atoms with E-state index in [9.17, 15) is 13.2 Å². The van der Waals surface area contributed by atoms with Crippen molar-refractivity contribution in [3.8, 4) is 0 Å². The van der Waals surface area contributed by atoms with Crippen LogP contribution in [0.5, 0.6) is 0 Å². The lowest BCUT2D eigenvalue weighted by molar-refractivity contribution is -0.137. The number of benzene rings is 1. The molecule has 0 bridgehead atoms. The molecule has 0 saturated heterocycles. The van der Waals surface area contributed by atoms with Gasteiger partial charge in [-0.1, -0.05) is 38.8 Å². The van der Waals surface area contributed by atoms with E-state index in [1.807, 2.05) is 0 Å². The van der Waals surface area contributed by atoms with E-state index in [1.165, 1.54) is 12.1 Å². The lowest BCUT2D eigenvalue weighted by atomic mass is 9.93. The molecule has 20 heavy (non-hydrogen) atoms. The molecule has 5 heteroatoms. The zero-order valence-electron chi connectivity index (χ0n) is 12.0. The van der Waals surface area contributed by atoms with Gasteiger partial charge in [0.05, 0.1) is 5.56 Å². The third-order valence-corrected chi connectivity index (χ3v) is 3.47. The van der Waals surface area contributed by atoms with Crippen LogP contribution in [0.4, 0.5) is 13.2 Å². The summed E-state index contributed by atoms with van der Waals surface area (Å²) in [5, 5.41) is 0. The molecule has 2 unspecified atom stereocenters. The Bertz CT molecular complexity index is 387. The lowest BCUT2D eigenvalue weighted by Crippen LogP contribution is -2.38. The monoisotopic (exact) mass is 288 g/mol. The van der Waals surface area contributed by atoms with Crippen LogP contribution in [0, 0.1) is 5.92 Å². The summed E-state index contributed by atoms with van der Waals surface area (Å²) >= 11 is 0. The second-order valence-electron chi connectivity index (χ2n) is 5.39. The van der Waals surface area contributed by atoms with Gasteiger partial charge in [-0.2, -0.15) is 13.2 Å². The molecule has 3 N–H and O–H groups in total. The average molecular weight is 288 g/mol. The summed E-state index contributed by atoms with van der Waals surface area (Å²) in [6.45, 7) is 4.30. The molecule has 0 saturated carbocycles. The van der Waals surface area contributed by atoms with Crippen LogP contribution in [-0.2, 0) is 12.6 Å². The van der Waals surface area contributed by atoms with E-state index in [4.69, 9.17) is 5.84 Å². The summed E-state index contributed by atoms with van der Waals surface area (Å²) in [4.78, 5) is 0. The second-order valence-corrected chi connectivity index (χ2v) is 5.39. The Balaban J connectivity index is 2.61. The Morgan fingerprint density at radius 3 is 2.25 bits per heavy atom. The topological polar surface area (TPSA) is 38.0 Å². The fraction of sp³-hybridized carbons (Fsp3) is 0.600. The number of hydrogen-bond acceptors (Lipinski definition) is 2. The van der Waals surface area contributed by atoms with E-state index in [0.29, 0.717) is 12.3 Å². The predicted molar refractivity (Wildman–Crippen MR) is 74.9 cm³/mol. The van der Waals surface area contributed by atoms with Crippen LogP contribution in [-0.4, -0.2) is 6.04 Å². The molecule has 2 nitrogen and oxygen atoms in total. The zero-order valence-corrected chi connectivity index (χ0v) is 12.0. The van der Waals surface area contributed by atoms with E-state index in [1.54, 1.807) is 0 Å². The molecule has 1 aromatic carbocycles. The second kappa shape index (κ2) is 7.64. The summed E-state index contributed by atoms with van der Waals surface area (Å²) in [5.74, 6) is 6.09. The van der Waals surface area contributed by atoms with Crippen LogP contribution in [0.2, 0.25) is 0 Å². The van der Waals surface area contributed by atoms with Crippen molar-refractivity contribution >= 4 is 0 Å². The Morgan fingerprint density at radius 1 is 1.20 bits per heavy atom. The van der Waals surface area contributed by atoms with Gasteiger partial charge in [-0.25, -0.2) is 0 Å². The minimum absolute atomic E-state index is 0.0910. The third kappa shape index (κ3) is 5.51. The van der Waals surface area contributed by atoms with Crippen molar-refractivity contribution in [3.05, 3.63) is 35.4 Å². The molecule has 0 heterocycles. The Morgan fingerprint density at radius 2 is 1.80 bits per heavy atom. The van der Waals surface area contributed by atoms with Gasteiger partial charge >= 0.3 is 6.18 Å². The van der Waals surface area contributed by atoms with Crippen molar-refractivity contribution in [2.45, 2.75) is 51.7 Å².